The topological polar surface area (TPSA) is 60.8 Å². The van der Waals surface area contributed by atoms with E-state index < -0.39 is 0 Å². The molecule has 0 aliphatic carbocycles. The van der Waals surface area contributed by atoms with E-state index in [9.17, 15) is 9.59 Å². The summed E-state index contributed by atoms with van der Waals surface area (Å²) in [6, 6.07) is 10.4. The molecular formula is C19H22N2O4. The number of aryl methyl sites for hydroxylation is 1. The summed E-state index contributed by atoms with van der Waals surface area (Å²) in [5.74, 6) is 1.28. The molecule has 1 aliphatic heterocycles. The first kappa shape index (κ1) is 17.1. The molecule has 0 bridgehead atoms. The molecule has 0 N–H and O–H groups in total. The first-order valence-corrected chi connectivity index (χ1v) is 8.34. The summed E-state index contributed by atoms with van der Waals surface area (Å²) in [5, 5.41) is 0. The van der Waals surface area contributed by atoms with Crippen LogP contribution in [0.2, 0.25) is 0 Å². The van der Waals surface area contributed by atoms with E-state index >= 15 is 0 Å². The van der Waals surface area contributed by atoms with Crippen molar-refractivity contribution < 1.29 is 14.3 Å². The maximum atomic E-state index is 12.4. The van der Waals surface area contributed by atoms with Crippen LogP contribution in [0.15, 0.2) is 41.2 Å². The van der Waals surface area contributed by atoms with Gasteiger partial charge in [-0.05, 0) is 44.2 Å². The quantitative estimate of drug-likeness (QED) is 0.834. The van der Waals surface area contributed by atoms with Gasteiger partial charge in [0.1, 0.15) is 17.6 Å². The second kappa shape index (κ2) is 7.01. The van der Waals surface area contributed by atoms with Crippen LogP contribution in [0.1, 0.15) is 23.0 Å². The van der Waals surface area contributed by atoms with Crippen LogP contribution in [0.3, 0.4) is 0 Å². The van der Waals surface area contributed by atoms with Gasteiger partial charge >= 0.3 is 0 Å². The normalized spacial score (nSPS) is 14.1. The standard InChI is InChI=1S/C19H22N2O4/c1-4-24-15-7-5-14(6-8-15)19(23)21-11-17(12-21)25-16-9-13(2)20(3)18(22)10-16/h5-10,17H,4,11-12H2,1-3H3. The van der Waals surface area contributed by atoms with Crippen molar-refractivity contribution in [1.29, 1.82) is 0 Å². The van der Waals surface area contributed by atoms with E-state index in [1.165, 1.54) is 6.07 Å². The van der Waals surface area contributed by atoms with Gasteiger partial charge in [-0.15, -0.1) is 0 Å². The van der Waals surface area contributed by atoms with E-state index in [4.69, 9.17) is 9.47 Å². The third-order valence-corrected chi connectivity index (χ3v) is 4.33. The smallest absolute Gasteiger partial charge is 0.254 e. The van der Waals surface area contributed by atoms with Crippen LogP contribution in [0.25, 0.3) is 0 Å². The molecule has 6 nitrogen and oxygen atoms in total. The van der Waals surface area contributed by atoms with Gasteiger partial charge in [-0.1, -0.05) is 0 Å². The Kier molecular flexibility index (Phi) is 4.79. The number of amides is 1. The molecule has 1 amide bonds. The minimum absolute atomic E-state index is 0.0249. The fraction of sp³-hybridized carbons (Fsp3) is 0.368. The second-order valence-electron chi connectivity index (χ2n) is 6.14. The van der Waals surface area contributed by atoms with Crippen molar-refractivity contribution in [3.63, 3.8) is 0 Å². The number of pyridine rings is 1. The average Bonchev–Trinajstić information content (AvgIpc) is 2.56. The number of hydrogen-bond acceptors (Lipinski definition) is 4. The van der Waals surface area contributed by atoms with Crippen molar-refractivity contribution in [2.24, 2.45) is 7.05 Å². The molecule has 2 heterocycles. The molecule has 0 saturated carbocycles. The molecule has 25 heavy (non-hydrogen) atoms. The van der Waals surface area contributed by atoms with E-state index in [1.54, 1.807) is 40.8 Å². The lowest BCUT2D eigenvalue weighted by Crippen LogP contribution is -2.56. The number of carbonyl (C=O) groups is 1. The van der Waals surface area contributed by atoms with Crippen molar-refractivity contribution in [2.75, 3.05) is 19.7 Å². The van der Waals surface area contributed by atoms with Crippen LogP contribution < -0.4 is 15.0 Å². The zero-order valence-corrected chi connectivity index (χ0v) is 14.7. The summed E-state index contributed by atoms with van der Waals surface area (Å²) in [7, 11) is 1.72. The molecule has 2 aromatic rings. The highest BCUT2D eigenvalue weighted by atomic mass is 16.5. The lowest BCUT2D eigenvalue weighted by molar-refractivity contribution is 0.0176. The average molecular weight is 342 g/mol. The van der Waals surface area contributed by atoms with Gasteiger partial charge < -0.3 is 18.9 Å². The summed E-state index contributed by atoms with van der Waals surface area (Å²) < 4.78 is 12.8. The van der Waals surface area contributed by atoms with Crippen molar-refractivity contribution in [3.05, 3.63) is 58.0 Å². The third-order valence-electron chi connectivity index (χ3n) is 4.33. The molecule has 0 unspecified atom stereocenters. The van der Waals surface area contributed by atoms with Crippen molar-refractivity contribution in [2.45, 2.75) is 20.0 Å². The van der Waals surface area contributed by atoms with E-state index in [1.807, 2.05) is 19.9 Å². The van der Waals surface area contributed by atoms with Gasteiger partial charge in [0.05, 0.1) is 19.7 Å². The van der Waals surface area contributed by atoms with Gasteiger partial charge in [0.2, 0.25) is 0 Å². The Morgan fingerprint density at radius 1 is 1.16 bits per heavy atom. The van der Waals surface area contributed by atoms with Gasteiger partial charge in [0, 0.05) is 24.4 Å². The first-order chi connectivity index (χ1) is 12.0. The molecule has 0 spiro atoms. The van der Waals surface area contributed by atoms with Gasteiger partial charge in [0.25, 0.3) is 11.5 Å². The van der Waals surface area contributed by atoms with Gasteiger partial charge in [-0.2, -0.15) is 0 Å². The molecular weight excluding hydrogens is 320 g/mol. The molecule has 1 aromatic carbocycles. The SMILES string of the molecule is CCOc1ccc(C(=O)N2CC(Oc3cc(C)n(C)c(=O)c3)C2)cc1. The third kappa shape index (κ3) is 3.68. The number of benzene rings is 1. The number of rotatable bonds is 5. The molecule has 132 valence electrons. The summed E-state index contributed by atoms with van der Waals surface area (Å²) in [6.07, 6.45) is -0.0850. The Labute approximate surface area is 146 Å². The second-order valence-corrected chi connectivity index (χ2v) is 6.14. The van der Waals surface area contributed by atoms with Crippen LogP contribution in [-0.4, -0.2) is 41.2 Å². The summed E-state index contributed by atoms with van der Waals surface area (Å²) in [6.45, 7) is 5.40. The maximum Gasteiger partial charge on any atom is 0.254 e. The van der Waals surface area contributed by atoms with Crippen LogP contribution in [0.5, 0.6) is 11.5 Å². The lowest BCUT2D eigenvalue weighted by atomic mass is 10.1. The summed E-state index contributed by atoms with van der Waals surface area (Å²) >= 11 is 0. The molecule has 1 fully saturated rings. The van der Waals surface area contributed by atoms with E-state index in [0.29, 0.717) is 31.0 Å². The number of hydrogen-bond donors (Lipinski definition) is 0. The first-order valence-electron chi connectivity index (χ1n) is 8.34. The highest BCUT2D eigenvalue weighted by Gasteiger charge is 2.33. The largest absolute Gasteiger partial charge is 0.494 e. The van der Waals surface area contributed by atoms with Gasteiger partial charge in [0.15, 0.2) is 0 Å². The van der Waals surface area contributed by atoms with Crippen LogP contribution in [0, 0.1) is 6.92 Å². The number of carbonyl (C=O) groups excluding carboxylic acids is 1. The molecule has 3 rings (SSSR count). The number of nitrogens with zero attached hydrogens (tertiary/aromatic N) is 2. The van der Waals surface area contributed by atoms with Gasteiger partial charge in [-0.3, -0.25) is 9.59 Å². The molecule has 6 heteroatoms. The Hall–Kier alpha value is -2.76. The molecule has 1 saturated heterocycles. The highest BCUT2D eigenvalue weighted by molar-refractivity contribution is 5.94. The van der Waals surface area contributed by atoms with Crippen LogP contribution in [-0.2, 0) is 7.05 Å². The predicted molar refractivity (Wildman–Crippen MR) is 94.4 cm³/mol. The van der Waals surface area contributed by atoms with Crippen molar-refractivity contribution in [3.8, 4) is 11.5 Å². The molecule has 0 radical (unpaired) electrons. The zero-order valence-electron chi connectivity index (χ0n) is 14.7. The fourth-order valence-corrected chi connectivity index (χ4v) is 2.72. The van der Waals surface area contributed by atoms with E-state index in [-0.39, 0.29) is 17.6 Å². The summed E-state index contributed by atoms with van der Waals surface area (Å²) in [5.41, 5.74) is 1.37. The number of likely N-dealkylation sites (tertiary alicyclic amines) is 1. The highest BCUT2D eigenvalue weighted by Crippen LogP contribution is 2.21. The Morgan fingerprint density at radius 2 is 1.84 bits per heavy atom. The van der Waals surface area contributed by atoms with Gasteiger partial charge in [-0.25, -0.2) is 0 Å². The van der Waals surface area contributed by atoms with E-state index in [0.717, 1.165) is 11.4 Å². The minimum Gasteiger partial charge on any atom is -0.494 e. The molecule has 0 atom stereocenters. The van der Waals surface area contributed by atoms with Crippen LogP contribution in [0.4, 0.5) is 0 Å². The molecule has 1 aromatic heterocycles. The zero-order chi connectivity index (χ0) is 18.0. The Morgan fingerprint density at radius 3 is 2.44 bits per heavy atom. The lowest BCUT2D eigenvalue weighted by Gasteiger charge is -2.39. The summed E-state index contributed by atoms with van der Waals surface area (Å²) in [4.78, 5) is 25.9. The molecule has 1 aliphatic rings. The van der Waals surface area contributed by atoms with E-state index in [2.05, 4.69) is 0 Å². The van der Waals surface area contributed by atoms with Crippen LogP contribution >= 0.6 is 0 Å². The minimum atomic E-state index is -0.100. The Balaban J connectivity index is 1.57. The number of aromatic nitrogens is 1. The van der Waals surface area contributed by atoms with Crippen molar-refractivity contribution in [1.82, 2.24) is 9.47 Å². The fourth-order valence-electron chi connectivity index (χ4n) is 2.72. The monoisotopic (exact) mass is 342 g/mol. The van der Waals surface area contributed by atoms with Crippen molar-refractivity contribution >= 4 is 5.91 Å². The maximum absolute atomic E-state index is 12.4. The number of ether oxygens (including phenoxy) is 2. The predicted octanol–water partition coefficient (Wildman–Crippen LogP) is 2.00. The Bertz CT molecular complexity index is 820.